The van der Waals surface area contributed by atoms with E-state index >= 15 is 0 Å². The van der Waals surface area contributed by atoms with E-state index in [9.17, 15) is 0 Å². The van der Waals surface area contributed by atoms with Crippen molar-refractivity contribution in [3.63, 3.8) is 0 Å². The summed E-state index contributed by atoms with van der Waals surface area (Å²) in [6.45, 7) is 0. The molecule has 0 aliphatic heterocycles. The molecular formula is FeGaMnNi. The minimum Gasteiger partial charge on any atom is 0 e. The van der Waals surface area contributed by atoms with Gasteiger partial charge in [0.25, 0.3) is 0 Å². The van der Waals surface area contributed by atoms with E-state index in [2.05, 4.69) is 0 Å². The zero-order valence-electron chi connectivity index (χ0n) is 1.63. The van der Waals surface area contributed by atoms with Crippen molar-refractivity contribution in [2.24, 2.45) is 0 Å². The molecule has 28 valence electrons. The molecule has 0 aliphatic carbocycles. The maximum Gasteiger partial charge on any atom is 0 e. The maximum absolute atomic E-state index is 0. The first-order chi connectivity index (χ1) is 0. The minimum absolute atomic E-state index is 0. The Morgan fingerprint density at radius 1 is 1.00 bits per heavy atom. The molecule has 4 heavy (non-hydrogen) atoms. The molecule has 0 aromatic rings. The minimum atomic E-state index is 0. The van der Waals surface area contributed by atoms with Gasteiger partial charge in [-0.2, -0.15) is 0 Å². The predicted octanol–water partition coefficient (Wildman–Crippen LogP) is -0.388. The average molecular weight is 239 g/mol. The van der Waals surface area contributed by atoms with Crippen LogP contribution in [0.15, 0.2) is 0 Å². The van der Waals surface area contributed by atoms with E-state index < -0.39 is 0 Å². The van der Waals surface area contributed by atoms with E-state index in [1.807, 2.05) is 0 Å². The van der Waals surface area contributed by atoms with Gasteiger partial charge in [0.2, 0.25) is 0 Å². The standard InChI is InChI=1S/Fe.Ga.Mn.Ni. The summed E-state index contributed by atoms with van der Waals surface area (Å²) in [5, 5.41) is 0. The first-order valence-corrected chi connectivity index (χ1v) is 0. The molecule has 4 radical (unpaired) electrons. The molecule has 0 amide bonds. The van der Waals surface area contributed by atoms with Crippen molar-refractivity contribution < 1.29 is 50.6 Å². The van der Waals surface area contributed by atoms with Gasteiger partial charge in [0.15, 0.2) is 0 Å². The molecule has 0 fully saturated rings. The molecule has 0 atom stereocenters. The molecule has 0 nitrogen and oxygen atoms in total. The molecule has 0 bridgehead atoms. The van der Waals surface area contributed by atoms with Gasteiger partial charge < -0.3 is 0 Å². The molecule has 0 aromatic carbocycles. The molecule has 0 heterocycles. The van der Waals surface area contributed by atoms with Gasteiger partial charge in [0.05, 0.1) is 0 Å². The smallest absolute Gasteiger partial charge is 0 e. The van der Waals surface area contributed by atoms with Crippen LogP contribution in [0, 0.1) is 0 Å². The third kappa shape index (κ3) is 8.90. The molecule has 4 heteroatoms. The van der Waals surface area contributed by atoms with Crippen molar-refractivity contribution in [2.45, 2.75) is 0 Å². The van der Waals surface area contributed by atoms with Crippen LogP contribution in [0.4, 0.5) is 0 Å². The van der Waals surface area contributed by atoms with Gasteiger partial charge in [0, 0.05) is 70.4 Å². The van der Waals surface area contributed by atoms with Crippen molar-refractivity contribution in [2.75, 3.05) is 0 Å². The summed E-state index contributed by atoms with van der Waals surface area (Å²) >= 11 is 0. The van der Waals surface area contributed by atoms with Gasteiger partial charge in [-0.3, -0.25) is 0 Å². The SMILES string of the molecule is [Fe].[Ga].[Mn].[Ni]. The van der Waals surface area contributed by atoms with Crippen molar-refractivity contribution in [1.82, 2.24) is 0 Å². The third-order valence-electron chi connectivity index (χ3n) is 0. The van der Waals surface area contributed by atoms with Crippen LogP contribution in [0.3, 0.4) is 0 Å². The summed E-state index contributed by atoms with van der Waals surface area (Å²) in [7, 11) is 0. The van der Waals surface area contributed by atoms with Crippen molar-refractivity contribution in [3.8, 4) is 0 Å². The molecule has 0 saturated heterocycles. The zero-order valence-corrected chi connectivity index (χ0v) is 7.32. The fourth-order valence-electron chi connectivity index (χ4n) is 0. The summed E-state index contributed by atoms with van der Waals surface area (Å²) in [6.07, 6.45) is 0. The first-order valence-electron chi connectivity index (χ1n) is 0. The second-order valence-corrected chi connectivity index (χ2v) is 0. The van der Waals surface area contributed by atoms with Gasteiger partial charge >= 0.3 is 0 Å². The van der Waals surface area contributed by atoms with Gasteiger partial charge in [-0.05, 0) is 0 Å². The van der Waals surface area contributed by atoms with Crippen LogP contribution in [-0.2, 0) is 50.6 Å². The Hall–Kier alpha value is 2.17. The molecule has 0 rings (SSSR count). The Kier molecular flexibility index (Phi) is 167. The van der Waals surface area contributed by atoms with E-state index in [-0.39, 0.29) is 70.4 Å². The quantitative estimate of drug-likeness (QED) is 0.505. The summed E-state index contributed by atoms with van der Waals surface area (Å²) < 4.78 is 0. The molecule has 0 N–H and O–H groups in total. The summed E-state index contributed by atoms with van der Waals surface area (Å²) in [4.78, 5) is 0. The summed E-state index contributed by atoms with van der Waals surface area (Å²) in [6, 6.07) is 0. The predicted molar refractivity (Wildman–Crippen MR) is 5.75 cm³/mol. The molecule has 0 aliphatic rings. The van der Waals surface area contributed by atoms with E-state index in [1.165, 1.54) is 0 Å². The van der Waals surface area contributed by atoms with Crippen LogP contribution >= 0.6 is 0 Å². The molecular weight excluding hydrogens is 239 g/mol. The largest absolute Gasteiger partial charge is 0 e. The summed E-state index contributed by atoms with van der Waals surface area (Å²) in [5.74, 6) is 0. The van der Waals surface area contributed by atoms with E-state index in [0.717, 1.165) is 0 Å². The van der Waals surface area contributed by atoms with Gasteiger partial charge in [0.1, 0.15) is 0 Å². The normalized spacial score (nSPS) is 0. The number of rotatable bonds is 0. The second kappa shape index (κ2) is 19.1. The molecule has 0 unspecified atom stereocenters. The fourth-order valence-corrected chi connectivity index (χ4v) is 0. The fraction of sp³-hybridized carbons (Fsp3) is 0. The molecule has 0 spiro atoms. The zero-order chi connectivity index (χ0) is 0. The van der Waals surface area contributed by atoms with Crippen molar-refractivity contribution in [1.29, 1.82) is 0 Å². The maximum atomic E-state index is 0. The monoisotopic (exact) mass is 238 g/mol. The van der Waals surface area contributed by atoms with Crippen LogP contribution in [0.2, 0.25) is 0 Å². The van der Waals surface area contributed by atoms with Crippen LogP contribution < -0.4 is 0 Å². The Morgan fingerprint density at radius 3 is 1.00 bits per heavy atom. The van der Waals surface area contributed by atoms with Crippen LogP contribution in [0.5, 0.6) is 0 Å². The van der Waals surface area contributed by atoms with Gasteiger partial charge in [-0.1, -0.05) is 0 Å². The van der Waals surface area contributed by atoms with Crippen LogP contribution in [0.25, 0.3) is 0 Å². The Morgan fingerprint density at radius 2 is 1.00 bits per heavy atom. The Balaban J connectivity index is 0. The third-order valence-corrected chi connectivity index (χ3v) is 0. The van der Waals surface area contributed by atoms with Crippen LogP contribution in [-0.4, -0.2) is 19.8 Å². The van der Waals surface area contributed by atoms with E-state index in [4.69, 9.17) is 0 Å². The number of hydrogen-bond acceptors (Lipinski definition) is 0. The van der Waals surface area contributed by atoms with Crippen molar-refractivity contribution in [3.05, 3.63) is 0 Å². The summed E-state index contributed by atoms with van der Waals surface area (Å²) in [5.41, 5.74) is 0. The Labute approximate surface area is 69.8 Å². The van der Waals surface area contributed by atoms with E-state index in [1.54, 1.807) is 0 Å². The van der Waals surface area contributed by atoms with E-state index in [0.29, 0.717) is 0 Å². The Bertz CT molecular complexity index is 8.00. The number of hydrogen-bond donors (Lipinski definition) is 0. The molecule has 0 aromatic heterocycles. The van der Waals surface area contributed by atoms with Crippen LogP contribution in [0.1, 0.15) is 0 Å². The van der Waals surface area contributed by atoms with Crippen molar-refractivity contribution >= 4 is 19.8 Å². The topological polar surface area (TPSA) is 0 Å². The first kappa shape index (κ1) is 35.0. The molecule has 0 saturated carbocycles. The second-order valence-electron chi connectivity index (χ2n) is 0. The van der Waals surface area contributed by atoms with Gasteiger partial charge in [-0.15, -0.1) is 0 Å². The van der Waals surface area contributed by atoms with Gasteiger partial charge in [-0.25, -0.2) is 0 Å². The average Bonchev–Trinajstić information content (AvgIpc) is 0.